The SMILES string of the molecule is C#C.C=C1C2=C(O)[C@]3(O)C(=O)C(C(N)=O)=CC[C@@H]3CC2Cc2c(C=NC)cc(CNCC(C)(C)C)c(C)c21.CCC. The van der Waals surface area contributed by atoms with Gasteiger partial charge in [0.1, 0.15) is 5.76 Å². The van der Waals surface area contributed by atoms with Crippen LogP contribution in [0.3, 0.4) is 0 Å². The van der Waals surface area contributed by atoms with Crippen LogP contribution in [0.4, 0.5) is 0 Å². The second-order valence-corrected chi connectivity index (χ2v) is 12.2. The first-order valence-electron chi connectivity index (χ1n) is 14.2. The summed E-state index contributed by atoms with van der Waals surface area (Å²) in [5.74, 6) is -2.77. The molecule has 3 atom stereocenters. The molecular formula is C34H47N3O4. The van der Waals surface area contributed by atoms with Crippen LogP contribution in [-0.4, -0.2) is 47.3 Å². The van der Waals surface area contributed by atoms with Gasteiger partial charge in [0.15, 0.2) is 5.60 Å². The Balaban J connectivity index is 0.00000110. The minimum Gasteiger partial charge on any atom is -0.508 e. The molecule has 7 heteroatoms. The molecule has 7 nitrogen and oxygen atoms in total. The van der Waals surface area contributed by atoms with Gasteiger partial charge in [-0.05, 0) is 77.0 Å². The van der Waals surface area contributed by atoms with E-state index in [2.05, 4.69) is 70.4 Å². The predicted molar refractivity (Wildman–Crippen MR) is 168 cm³/mol. The van der Waals surface area contributed by atoms with Crippen molar-refractivity contribution in [1.82, 2.24) is 5.32 Å². The van der Waals surface area contributed by atoms with Gasteiger partial charge in [0.05, 0.1) is 5.57 Å². The van der Waals surface area contributed by atoms with Gasteiger partial charge in [-0.1, -0.05) is 53.7 Å². The van der Waals surface area contributed by atoms with Gasteiger partial charge in [0.2, 0.25) is 5.78 Å². The van der Waals surface area contributed by atoms with Crippen molar-refractivity contribution in [2.45, 2.75) is 79.4 Å². The number of carbonyl (C=O) groups excluding carboxylic acids is 2. The maximum absolute atomic E-state index is 13.2. The highest BCUT2D eigenvalue weighted by Crippen LogP contribution is 2.53. The standard InChI is InChI=1S/C29H37N3O4.C3H8.C2H2/c1-15-18(13-32-14-28(3,4)5)9-19(12-31-6)22-11-17-10-20-7-8-21(27(30)35)25(33)29(20,36)26(34)24(17)16(2)23(15)22;1-3-2;1-2/h8-9,12,17,20,32,34,36H,2,7,10-11,13-14H2,1,3-6H3,(H2,30,35);3H2,1-2H3;1-2H/t17?,20-,29-;;/m1../s1. The number of hydrogen-bond donors (Lipinski definition) is 4. The van der Waals surface area contributed by atoms with Crippen molar-refractivity contribution in [2.75, 3.05) is 13.6 Å². The van der Waals surface area contributed by atoms with E-state index in [1.54, 1.807) is 7.05 Å². The van der Waals surface area contributed by atoms with Crippen LogP contribution < -0.4 is 11.1 Å². The molecule has 0 spiro atoms. The van der Waals surface area contributed by atoms with Crippen LogP contribution in [0.5, 0.6) is 0 Å². The van der Waals surface area contributed by atoms with E-state index in [0.717, 1.165) is 34.4 Å². The van der Waals surface area contributed by atoms with Gasteiger partial charge in [-0.15, -0.1) is 12.8 Å². The molecule has 1 aromatic rings. The van der Waals surface area contributed by atoms with Crippen molar-refractivity contribution in [1.29, 1.82) is 0 Å². The summed E-state index contributed by atoms with van der Waals surface area (Å²) in [6.45, 7) is 18.7. The number of amides is 1. The van der Waals surface area contributed by atoms with Crippen LogP contribution in [0.15, 0.2) is 40.6 Å². The molecule has 4 rings (SSSR count). The zero-order valence-electron chi connectivity index (χ0n) is 25.7. The summed E-state index contributed by atoms with van der Waals surface area (Å²) < 4.78 is 0. The van der Waals surface area contributed by atoms with Crippen LogP contribution in [0.2, 0.25) is 0 Å². The Morgan fingerprint density at radius 1 is 1.32 bits per heavy atom. The lowest BCUT2D eigenvalue weighted by molar-refractivity contribution is -0.142. The van der Waals surface area contributed by atoms with E-state index >= 15 is 0 Å². The number of Topliss-reactive ketones (excluding diaryl/α,β-unsaturated/α-hetero) is 1. The molecule has 3 aliphatic carbocycles. The van der Waals surface area contributed by atoms with E-state index in [9.17, 15) is 19.8 Å². The lowest BCUT2D eigenvalue weighted by Crippen LogP contribution is -2.55. The van der Waals surface area contributed by atoms with Crippen LogP contribution in [-0.2, 0) is 22.6 Å². The largest absolute Gasteiger partial charge is 0.508 e. The van der Waals surface area contributed by atoms with E-state index in [1.165, 1.54) is 12.5 Å². The fourth-order valence-electron chi connectivity index (χ4n) is 6.06. The number of aliphatic hydroxyl groups excluding tert-OH is 1. The Labute approximate surface area is 245 Å². The van der Waals surface area contributed by atoms with Gasteiger partial charge in [-0.25, -0.2) is 0 Å². The number of rotatable bonds is 5. The molecule has 1 amide bonds. The Bertz CT molecular complexity index is 1310. The molecule has 3 aliphatic rings. The minimum absolute atomic E-state index is 0.111. The fourth-order valence-corrected chi connectivity index (χ4v) is 6.06. The van der Waals surface area contributed by atoms with E-state index in [0.29, 0.717) is 30.5 Å². The van der Waals surface area contributed by atoms with Crippen LogP contribution in [0.1, 0.15) is 81.7 Å². The summed E-state index contributed by atoms with van der Waals surface area (Å²) in [7, 11) is 1.75. The maximum Gasteiger partial charge on any atom is 0.252 e. The van der Waals surface area contributed by atoms with E-state index in [1.807, 2.05) is 13.1 Å². The highest BCUT2D eigenvalue weighted by atomic mass is 16.3. The molecule has 5 N–H and O–H groups in total. The molecule has 1 aromatic carbocycles. The van der Waals surface area contributed by atoms with Crippen LogP contribution >= 0.6 is 0 Å². The Kier molecular flexibility index (Phi) is 11.1. The van der Waals surface area contributed by atoms with Crippen molar-refractivity contribution in [3.05, 3.63) is 63.4 Å². The summed E-state index contributed by atoms with van der Waals surface area (Å²) in [4.78, 5) is 29.3. The number of ketones is 1. The molecule has 0 radical (unpaired) electrons. The number of aliphatic hydroxyl groups is 2. The summed E-state index contributed by atoms with van der Waals surface area (Å²) in [6, 6.07) is 2.17. The first kappa shape index (κ1) is 33.7. The molecule has 0 heterocycles. The normalized spacial score (nSPS) is 23.3. The van der Waals surface area contributed by atoms with Gasteiger partial charge in [-0.3, -0.25) is 14.6 Å². The van der Waals surface area contributed by atoms with Crippen molar-refractivity contribution >= 4 is 23.5 Å². The number of carbonyl (C=O) groups is 2. The van der Waals surface area contributed by atoms with Gasteiger partial charge in [-0.2, -0.15) is 0 Å². The average Bonchev–Trinajstić information content (AvgIpc) is 2.89. The molecule has 0 fully saturated rings. The Morgan fingerprint density at radius 2 is 1.93 bits per heavy atom. The molecular weight excluding hydrogens is 514 g/mol. The predicted octanol–water partition coefficient (Wildman–Crippen LogP) is 4.98. The molecule has 0 saturated heterocycles. The van der Waals surface area contributed by atoms with Crippen LogP contribution in [0.25, 0.3) is 5.57 Å². The second-order valence-electron chi connectivity index (χ2n) is 12.2. The number of fused-ring (bicyclic) bond motifs is 3. The monoisotopic (exact) mass is 561 g/mol. The maximum atomic E-state index is 13.2. The van der Waals surface area contributed by atoms with Crippen molar-refractivity contribution in [2.24, 2.45) is 28.0 Å². The number of nitrogens with one attached hydrogen (secondary N) is 1. The summed E-state index contributed by atoms with van der Waals surface area (Å²) in [6.07, 6.45) is 14.0. The van der Waals surface area contributed by atoms with Gasteiger partial charge < -0.3 is 21.3 Å². The fraction of sp³-hybridized carbons (Fsp3) is 0.500. The lowest BCUT2D eigenvalue weighted by atomic mass is 9.59. The molecule has 0 aliphatic heterocycles. The van der Waals surface area contributed by atoms with Crippen molar-refractivity contribution < 1.29 is 19.8 Å². The topological polar surface area (TPSA) is 125 Å². The van der Waals surface area contributed by atoms with Crippen LogP contribution in [0, 0.1) is 37.0 Å². The number of terminal acetylenes is 1. The number of primary amides is 1. The number of hydrogen-bond acceptors (Lipinski definition) is 6. The third kappa shape index (κ3) is 6.55. The average molecular weight is 562 g/mol. The van der Waals surface area contributed by atoms with E-state index < -0.39 is 29.0 Å². The number of allylic oxidation sites excluding steroid dienone is 3. The first-order valence-corrected chi connectivity index (χ1v) is 14.2. The van der Waals surface area contributed by atoms with Crippen molar-refractivity contribution in [3.63, 3.8) is 0 Å². The van der Waals surface area contributed by atoms with E-state index in [-0.39, 0.29) is 23.3 Å². The zero-order chi connectivity index (χ0) is 31.3. The number of nitrogens with zero attached hydrogens (tertiary/aromatic N) is 1. The zero-order valence-corrected chi connectivity index (χ0v) is 25.7. The highest BCUT2D eigenvalue weighted by Gasteiger charge is 2.57. The second kappa shape index (κ2) is 13.5. The molecule has 0 bridgehead atoms. The smallest absolute Gasteiger partial charge is 0.252 e. The molecule has 0 saturated carbocycles. The van der Waals surface area contributed by atoms with Gasteiger partial charge in [0.25, 0.3) is 5.91 Å². The molecule has 1 unspecified atom stereocenters. The highest BCUT2D eigenvalue weighted by molar-refractivity contribution is 6.23. The molecule has 0 aromatic heterocycles. The number of benzene rings is 1. The molecule has 222 valence electrons. The summed E-state index contributed by atoms with van der Waals surface area (Å²) in [5, 5.41) is 26.5. The number of nitrogens with two attached hydrogens (primary N) is 1. The third-order valence-corrected chi connectivity index (χ3v) is 7.80. The molecule has 41 heavy (non-hydrogen) atoms. The first-order chi connectivity index (χ1) is 19.2. The van der Waals surface area contributed by atoms with Gasteiger partial charge in [0, 0.05) is 37.8 Å². The Morgan fingerprint density at radius 3 is 2.46 bits per heavy atom. The quantitative estimate of drug-likeness (QED) is 0.229. The van der Waals surface area contributed by atoms with Gasteiger partial charge >= 0.3 is 0 Å². The summed E-state index contributed by atoms with van der Waals surface area (Å²) in [5.41, 5.74) is 9.41. The Hall–Kier alpha value is -3.47. The third-order valence-electron chi connectivity index (χ3n) is 7.80. The van der Waals surface area contributed by atoms with E-state index in [4.69, 9.17) is 5.73 Å². The van der Waals surface area contributed by atoms with Crippen molar-refractivity contribution in [3.8, 4) is 12.8 Å². The number of aliphatic imine (C=N–C) groups is 1. The summed E-state index contributed by atoms with van der Waals surface area (Å²) >= 11 is 0. The lowest BCUT2D eigenvalue weighted by Gasteiger charge is -2.46. The minimum atomic E-state index is -2.17.